The number of para-hydroxylation sites is 1. The zero-order valence-corrected chi connectivity index (χ0v) is 16.8. The summed E-state index contributed by atoms with van der Waals surface area (Å²) >= 11 is 0. The Kier molecular flexibility index (Phi) is 7.51. The summed E-state index contributed by atoms with van der Waals surface area (Å²) in [6.07, 6.45) is 2.90. The molecule has 0 aliphatic heterocycles. The van der Waals surface area contributed by atoms with Crippen LogP contribution < -0.4 is 9.47 Å². The van der Waals surface area contributed by atoms with Crippen LogP contribution in [0.3, 0.4) is 0 Å². The van der Waals surface area contributed by atoms with Crippen LogP contribution in [0.1, 0.15) is 17.5 Å². The number of rotatable bonds is 10. The van der Waals surface area contributed by atoms with Crippen LogP contribution in [0.25, 0.3) is 0 Å². The van der Waals surface area contributed by atoms with E-state index in [1.807, 2.05) is 42.5 Å². The van der Waals surface area contributed by atoms with Crippen molar-refractivity contribution in [2.75, 3.05) is 27.2 Å². The molecule has 3 aromatic rings. The standard InChI is InChI=1S/C25H29NO2/c1-26(2)18-9-19-27-25-17-16-24(28-23-12-7-4-8-13-23)20-22(25)15-14-21-10-5-3-6-11-21/h3-8,10-13,16-17,20H,9,14-15,18-19H2,1-2H3. The van der Waals surface area contributed by atoms with Crippen molar-refractivity contribution in [3.05, 3.63) is 90.0 Å². The van der Waals surface area contributed by atoms with Crippen molar-refractivity contribution in [1.82, 2.24) is 4.90 Å². The minimum atomic E-state index is 0.718. The number of hydrogen-bond acceptors (Lipinski definition) is 3. The highest BCUT2D eigenvalue weighted by atomic mass is 16.5. The van der Waals surface area contributed by atoms with Gasteiger partial charge in [-0.2, -0.15) is 0 Å². The van der Waals surface area contributed by atoms with Crippen molar-refractivity contribution in [3.63, 3.8) is 0 Å². The van der Waals surface area contributed by atoms with E-state index in [1.165, 1.54) is 11.1 Å². The fourth-order valence-electron chi connectivity index (χ4n) is 3.07. The fourth-order valence-corrected chi connectivity index (χ4v) is 3.07. The van der Waals surface area contributed by atoms with Gasteiger partial charge in [0.05, 0.1) is 6.61 Å². The average molecular weight is 376 g/mol. The lowest BCUT2D eigenvalue weighted by atomic mass is 10.0. The van der Waals surface area contributed by atoms with Gasteiger partial charge in [-0.3, -0.25) is 0 Å². The second kappa shape index (κ2) is 10.5. The Morgan fingerprint density at radius 3 is 2.18 bits per heavy atom. The van der Waals surface area contributed by atoms with Crippen molar-refractivity contribution in [3.8, 4) is 17.2 Å². The van der Waals surface area contributed by atoms with Gasteiger partial charge >= 0.3 is 0 Å². The van der Waals surface area contributed by atoms with Crippen molar-refractivity contribution in [2.45, 2.75) is 19.3 Å². The summed E-state index contributed by atoms with van der Waals surface area (Å²) in [6.45, 7) is 1.74. The lowest BCUT2D eigenvalue weighted by Gasteiger charge is -2.15. The third-order valence-corrected chi connectivity index (χ3v) is 4.54. The van der Waals surface area contributed by atoms with Crippen LogP contribution >= 0.6 is 0 Å². The molecular formula is C25H29NO2. The number of benzene rings is 3. The highest BCUT2D eigenvalue weighted by molar-refractivity contribution is 5.42. The van der Waals surface area contributed by atoms with E-state index >= 15 is 0 Å². The Morgan fingerprint density at radius 2 is 1.46 bits per heavy atom. The van der Waals surface area contributed by atoms with E-state index in [2.05, 4.69) is 55.4 Å². The Labute approximate surface area is 168 Å². The molecule has 0 saturated heterocycles. The van der Waals surface area contributed by atoms with Crippen LogP contribution in [0.5, 0.6) is 17.2 Å². The van der Waals surface area contributed by atoms with E-state index in [0.29, 0.717) is 0 Å². The molecule has 146 valence electrons. The number of nitrogens with zero attached hydrogens (tertiary/aromatic N) is 1. The average Bonchev–Trinajstić information content (AvgIpc) is 2.72. The first kappa shape index (κ1) is 20.0. The van der Waals surface area contributed by atoms with Gasteiger partial charge in [-0.25, -0.2) is 0 Å². The zero-order valence-electron chi connectivity index (χ0n) is 16.8. The maximum Gasteiger partial charge on any atom is 0.127 e. The van der Waals surface area contributed by atoms with Gasteiger partial charge in [-0.05, 0) is 74.8 Å². The Morgan fingerprint density at radius 1 is 0.750 bits per heavy atom. The maximum absolute atomic E-state index is 6.10. The fraction of sp³-hybridized carbons (Fsp3) is 0.280. The Hall–Kier alpha value is -2.78. The molecule has 0 unspecified atom stereocenters. The predicted octanol–water partition coefficient (Wildman–Crippen LogP) is 5.59. The van der Waals surface area contributed by atoms with Gasteiger partial charge in [0.2, 0.25) is 0 Å². The lowest BCUT2D eigenvalue weighted by Crippen LogP contribution is -2.15. The molecule has 3 nitrogen and oxygen atoms in total. The van der Waals surface area contributed by atoms with Crippen molar-refractivity contribution in [1.29, 1.82) is 0 Å². The molecule has 0 N–H and O–H groups in total. The van der Waals surface area contributed by atoms with Gasteiger partial charge in [0.25, 0.3) is 0 Å². The molecule has 3 rings (SSSR count). The van der Waals surface area contributed by atoms with Crippen LogP contribution in [-0.4, -0.2) is 32.1 Å². The van der Waals surface area contributed by atoms with E-state index in [9.17, 15) is 0 Å². The van der Waals surface area contributed by atoms with Crippen LogP contribution in [0.2, 0.25) is 0 Å². The molecule has 0 bridgehead atoms. The van der Waals surface area contributed by atoms with Crippen LogP contribution in [0.15, 0.2) is 78.9 Å². The molecule has 0 amide bonds. The monoisotopic (exact) mass is 375 g/mol. The Bertz CT molecular complexity index is 832. The first-order valence-electron chi connectivity index (χ1n) is 9.88. The molecule has 3 heteroatoms. The van der Waals surface area contributed by atoms with Crippen molar-refractivity contribution in [2.24, 2.45) is 0 Å². The molecule has 0 saturated carbocycles. The summed E-state index contributed by atoms with van der Waals surface area (Å²) in [5.41, 5.74) is 2.51. The minimum Gasteiger partial charge on any atom is -0.493 e. The summed E-state index contributed by atoms with van der Waals surface area (Å²) in [4.78, 5) is 2.18. The molecule has 0 radical (unpaired) electrons. The maximum atomic E-state index is 6.10. The molecule has 0 atom stereocenters. The topological polar surface area (TPSA) is 21.7 Å². The van der Waals surface area contributed by atoms with E-state index in [4.69, 9.17) is 9.47 Å². The summed E-state index contributed by atoms with van der Waals surface area (Å²) in [5.74, 6) is 2.64. The largest absolute Gasteiger partial charge is 0.493 e. The molecule has 0 fully saturated rings. The summed E-state index contributed by atoms with van der Waals surface area (Å²) in [7, 11) is 4.17. The second-order valence-electron chi connectivity index (χ2n) is 7.18. The van der Waals surface area contributed by atoms with Crippen LogP contribution in [0, 0.1) is 0 Å². The highest BCUT2D eigenvalue weighted by Gasteiger charge is 2.08. The summed E-state index contributed by atoms with van der Waals surface area (Å²) in [5, 5.41) is 0. The highest BCUT2D eigenvalue weighted by Crippen LogP contribution is 2.29. The van der Waals surface area contributed by atoms with E-state index in [-0.39, 0.29) is 0 Å². The third kappa shape index (κ3) is 6.43. The predicted molar refractivity (Wildman–Crippen MR) is 115 cm³/mol. The molecule has 0 aliphatic carbocycles. The van der Waals surface area contributed by atoms with Gasteiger partial charge in [-0.1, -0.05) is 48.5 Å². The molecule has 28 heavy (non-hydrogen) atoms. The van der Waals surface area contributed by atoms with Gasteiger partial charge in [0, 0.05) is 6.54 Å². The molecule has 0 spiro atoms. The zero-order chi connectivity index (χ0) is 19.6. The van der Waals surface area contributed by atoms with Crippen LogP contribution in [0.4, 0.5) is 0 Å². The molecule has 0 aliphatic rings. The number of hydrogen-bond donors (Lipinski definition) is 0. The Balaban J connectivity index is 1.71. The summed E-state index contributed by atoms with van der Waals surface area (Å²) in [6, 6.07) is 26.6. The third-order valence-electron chi connectivity index (χ3n) is 4.54. The number of aryl methyl sites for hydroxylation is 2. The van der Waals surface area contributed by atoms with E-state index in [0.717, 1.165) is 49.7 Å². The van der Waals surface area contributed by atoms with Crippen LogP contribution in [-0.2, 0) is 12.8 Å². The molecule has 3 aromatic carbocycles. The van der Waals surface area contributed by atoms with Gasteiger partial charge < -0.3 is 14.4 Å². The SMILES string of the molecule is CN(C)CCCOc1ccc(Oc2ccccc2)cc1CCc1ccccc1. The first-order chi connectivity index (χ1) is 13.7. The van der Waals surface area contributed by atoms with Crippen molar-refractivity contribution < 1.29 is 9.47 Å². The van der Waals surface area contributed by atoms with Crippen molar-refractivity contribution >= 4 is 0 Å². The van der Waals surface area contributed by atoms with Gasteiger partial charge in [-0.15, -0.1) is 0 Å². The second-order valence-corrected chi connectivity index (χ2v) is 7.18. The number of ether oxygens (including phenoxy) is 2. The normalized spacial score (nSPS) is 10.8. The molecule has 0 heterocycles. The molecule has 0 aromatic heterocycles. The first-order valence-corrected chi connectivity index (χ1v) is 9.88. The molecular weight excluding hydrogens is 346 g/mol. The smallest absolute Gasteiger partial charge is 0.127 e. The summed E-state index contributed by atoms with van der Waals surface area (Å²) < 4.78 is 12.1. The van der Waals surface area contributed by atoms with Gasteiger partial charge in [0.1, 0.15) is 17.2 Å². The van der Waals surface area contributed by atoms with E-state index < -0.39 is 0 Å². The quantitative estimate of drug-likeness (QED) is 0.431. The minimum absolute atomic E-state index is 0.718. The van der Waals surface area contributed by atoms with Gasteiger partial charge in [0.15, 0.2) is 0 Å². The van der Waals surface area contributed by atoms with E-state index in [1.54, 1.807) is 0 Å². The lowest BCUT2D eigenvalue weighted by molar-refractivity contribution is 0.279.